The molecular weight excluding hydrogens is 296 g/mol. The zero-order valence-electron chi connectivity index (χ0n) is 14.0. The molecule has 3 nitrogen and oxygen atoms in total. The number of hydrogen-bond acceptors (Lipinski definition) is 2. The zero-order chi connectivity index (χ0) is 16.6. The quantitative estimate of drug-likeness (QED) is 0.760. The summed E-state index contributed by atoms with van der Waals surface area (Å²) in [5.41, 5.74) is 2.88. The van der Waals surface area contributed by atoms with Crippen molar-refractivity contribution in [2.24, 2.45) is 5.92 Å². The normalized spacial score (nSPS) is 24.1. The molecule has 0 aliphatic heterocycles. The summed E-state index contributed by atoms with van der Waals surface area (Å²) >= 11 is 0. The lowest BCUT2D eigenvalue weighted by Crippen LogP contribution is -2.35. The zero-order valence-corrected chi connectivity index (χ0v) is 14.0. The smallest absolute Gasteiger partial charge is 0.248 e. The molecule has 2 heterocycles. The average molecular weight is 318 g/mol. The molecule has 4 rings (SSSR count). The minimum atomic E-state index is -0.184. The monoisotopic (exact) mass is 318 g/mol. The number of pyridine rings is 2. The Hall–Kier alpha value is -2.42. The maximum Gasteiger partial charge on any atom is 0.248 e. The number of nitrogens with zero attached hydrogens (tertiary/aromatic N) is 1. The first-order chi connectivity index (χ1) is 11.7. The number of aromatic amines is 1. The first-order valence-corrected chi connectivity index (χ1v) is 8.73. The van der Waals surface area contributed by atoms with Crippen LogP contribution in [-0.4, -0.2) is 9.97 Å². The third kappa shape index (κ3) is 2.54. The lowest BCUT2D eigenvalue weighted by atomic mass is 9.66. The van der Waals surface area contributed by atoms with E-state index < -0.39 is 0 Å². The molecule has 3 aromatic rings. The number of aromatic nitrogens is 2. The molecule has 0 atom stereocenters. The second-order valence-electron chi connectivity index (χ2n) is 7.08. The SMILES string of the molecule is CC1CCC(c2ccc3ccccc3n2)(c2cccc(=O)[nH]2)CC1. The van der Waals surface area contributed by atoms with Crippen LogP contribution in [0.5, 0.6) is 0 Å². The molecule has 0 unspecified atom stereocenters. The Morgan fingerprint density at radius 3 is 2.58 bits per heavy atom. The van der Waals surface area contributed by atoms with Gasteiger partial charge in [0.05, 0.1) is 16.6 Å². The lowest BCUT2D eigenvalue weighted by Gasteiger charge is -2.39. The van der Waals surface area contributed by atoms with Gasteiger partial charge in [0.2, 0.25) is 5.56 Å². The van der Waals surface area contributed by atoms with Crippen molar-refractivity contribution in [1.82, 2.24) is 9.97 Å². The molecule has 1 aliphatic carbocycles. The van der Waals surface area contributed by atoms with Crippen LogP contribution in [0.2, 0.25) is 0 Å². The maximum absolute atomic E-state index is 11.9. The van der Waals surface area contributed by atoms with E-state index in [0.29, 0.717) is 0 Å². The number of rotatable bonds is 2. The second kappa shape index (κ2) is 5.90. The predicted molar refractivity (Wildman–Crippen MR) is 97.2 cm³/mol. The van der Waals surface area contributed by atoms with Gasteiger partial charge in [0, 0.05) is 17.1 Å². The fourth-order valence-electron chi connectivity index (χ4n) is 3.98. The van der Waals surface area contributed by atoms with Gasteiger partial charge in [-0.3, -0.25) is 9.78 Å². The minimum Gasteiger partial charge on any atom is -0.325 e. The summed E-state index contributed by atoms with van der Waals surface area (Å²) < 4.78 is 0. The van der Waals surface area contributed by atoms with E-state index in [1.165, 1.54) is 0 Å². The molecule has 24 heavy (non-hydrogen) atoms. The predicted octanol–water partition coefficient (Wildman–Crippen LogP) is 4.42. The third-order valence-corrected chi connectivity index (χ3v) is 5.50. The Morgan fingerprint density at radius 2 is 1.79 bits per heavy atom. The summed E-state index contributed by atoms with van der Waals surface area (Å²) in [5.74, 6) is 0.731. The number of nitrogens with one attached hydrogen (secondary N) is 1. The topological polar surface area (TPSA) is 45.8 Å². The molecule has 0 bridgehead atoms. The van der Waals surface area contributed by atoms with Gasteiger partial charge in [-0.2, -0.15) is 0 Å². The van der Waals surface area contributed by atoms with Crippen LogP contribution >= 0.6 is 0 Å². The van der Waals surface area contributed by atoms with E-state index in [4.69, 9.17) is 4.98 Å². The Balaban J connectivity index is 1.89. The molecule has 1 aromatic carbocycles. The number of para-hydroxylation sites is 1. The molecule has 1 N–H and O–H groups in total. The highest BCUT2D eigenvalue weighted by Gasteiger charge is 2.39. The van der Waals surface area contributed by atoms with Gasteiger partial charge in [0.25, 0.3) is 0 Å². The van der Waals surface area contributed by atoms with Crippen LogP contribution in [0, 0.1) is 5.92 Å². The van der Waals surface area contributed by atoms with E-state index in [-0.39, 0.29) is 11.0 Å². The van der Waals surface area contributed by atoms with Crippen LogP contribution in [-0.2, 0) is 5.41 Å². The van der Waals surface area contributed by atoms with Crippen molar-refractivity contribution in [3.63, 3.8) is 0 Å². The highest BCUT2D eigenvalue weighted by molar-refractivity contribution is 5.78. The van der Waals surface area contributed by atoms with Crippen molar-refractivity contribution in [3.8, 4) is 0 Å². The molecular formula is C21H22N2O. The van der Waals surface area contributed by atoms with Crippen molar-refractivity contribution in [2.75, 3.05) is 0 Å². The first-order valence-electron chi connectivity index (χ1n) is 8.73. The van der Waals surface area contributed by atoms with Crippen LogP contribution in [0.3, 0.4) is 0 Å². The van der Waals surface area contributed by atoms with Gasteiger partial charge in [-0.05, 0) is 49.8 Å². The number of hydrogen-bond donors (Lipinski definition) is 1. The van der Waals surface area contributed by atoms with Crippen LogP contribution in [0.4, 0.5) is 0 Å². The molecule has 0 amide bonds. The van der Waals surface area contributed by atoms with Gasteiger partial charge in [-0.25, -0.2) is 0 Å². The summed E-state index contributed by atoms with van der Waals surface area (Å²) in [6, 6.07) is 18.0. The summed E-state index contributed by atoms with van der Waals surface area (Å²) in [6.45, 7) is 2.31. The van der Waals surface area contributed by atoms with Crippen LogP contribution in [0.25, 0.3) is 10.9 Å². The van der Waals surface area contributed by atoms with E-state index in [9.17, 15) is 4.79 Å². The van der Waals surface area contributed by atoms with Gasteiger partial charge >= 0.3 is 0 Å². The second-order valence-corrected chi connectivity index (χ2v) is 7.08. The summed E-state index contributed by atoms with van der Waals surface area (Å²) in [7, 11) is 0. The average Bonchev–Trinajstić information content (AvgIpc) is 2.62. The summed E-state index contributed by atoms with van der Waals surface area (Å²) in [6.07, 6.45) is 4.37. The summed E-state index contributed by atoms with van der Waals surface area (Å²) in [5, 5.41) is 1.15. The van der Waals surface area contributed by atoms with Crippen LogP contribution in [0.1, 0.15) is 44.0 Å². The van der Waals surface area contributed by atoms with Crippen molar-refractivity contribution >= 4 is 10.9 Å². The number of benzene rings is 1. The third-order valence-electron chi connectivity index (χ3n) is 5.50. The highest BCUT2D eigenvalue weighted by atomic mass is 16.1. The molecule has 2 aromatic heterocycles. The standard InChI is InChI=1S/C21H22N2O/c1-15-11-13-21(14-12-15,18-7-4-8-20(24)23-18)19-10-9-16-5-2-3-6-17(16)22-19/h2-10,15H,11-14H2,1H3,(H,23,24). The minimum absolute atomic E-state index is 0.0358. The molecule has 0 spiro atoms. The molecule has 3 heteroatoms. The Kier molecular flexibility index (Phi) is 3.72. The van der Waals surface area contributed by atoms with Gasteiger partial charge in [-0.1, -0.05) is 37.3 Å². The number of fused-ring (bicyclic) bond motifs is 1. The van der Waals surface area contributed by atoms with E-state index in [1.807, 2.05) is 24.3 Å². The van der Waals surface area contributed by atoms with Gasteiger partial charge in [0.1, 0.15) is 0 Å². The fraction of sp³-hybridized carbons (Fsp3) is 0.333. The molecule has 122 valence electrons. The highest BCUT2D eigenvalue weighted by Crippen LogP contribution is 2.45. The van der Waals surface area contributed by atoms with Crippen LogP contribution < -0.4 is 5.56 Å². The van der Waals surface area contributed by atoms with E-state index in [2.05, 4.69) is 36.2 Å². The Morgan fingerprint density at radius 1 is 1.00 bits per heavy atom. The Labute approximate surface area is 141 Å². The van der Waals surface area contributed by atoms with Gasteiger partial charge < -0.3 is 4.98 Å². The van der Waals surface area contributed by atoms with Crippen molar-refractivity contribution < 1.29 is 0 Å². The van der Waals surface area contributed by atoms with Gasteiger partial charge in [-0.15, -0.1) is 0 Å². The van der Waals surface area contributed by atoms with E-state index in [1.54, 1.807) is 6.07 Å². The number of H-pyrrole nitrogens is 1. The van der Waals surface area contributed by atoms with Gasteiger partial charge in [0.15, 0.2) is 0 Å². The maximum atomic E-state index is 11.9. The van der Waals surface area contributed by atoms with E-state index >= 15 is 0 Å². The van der Waals surface area contributed by atoms with E-state index in [0.717, 1.165) is 53.9 Å². The molecule has 0 radical (unpaired) electrons. The molecule has 1 aliphatic rings. The molecule has 1 saturated carbocycles. The molecule has 0 saturated heterocycles. The van der Waals surface area contributed by atoms with Crippen molar-refractivity contribution in [2.45, 2.75) is 38.0 Å². The summed E-state index contributed by atoms with van der Waals surface area (Å²) in [4.78, 5) is 20.0. The first kappa shape index (κ1) is 15.1. The Bertz CT molecular complexity index is 920. The fourth-order valence-corrected chi connectivity index (χ4v) is 3.98. The van der Waals surface area contributed by atoms with Crippen molar-refractivity contribution in [1.29, 1.82) is 0 Å². The molecule has 1 fully saturated rings. The van der Waals surface area contributed by atoms with Crippen LogP contribution in [0.15, 0.2) is 59.4 Å². The largest absolute Gasteiger partial charge is 0.325 e. The lowest BCUT2D eigenvalue weighted by molar-refractivity contribution is 0.270. The van der Waals surface area contributed by atoms with Crippen molar-refractivity contribution in [3.05, 3.63) is 76.3 Å².